The van der Waals surface area contributed by atoms with Gasteiger partial charge < -0.3 is 10.1 Å². The first-order valence-corrected chi connectivity index (χ1v) is 6.53. The van der Waals surface area contributed by atoms with E-state index in [-0.39, 0.29) is 11.8 Å². The average molecular weight is 247 g/mol. The lowest BCUT2D eigenvalue weighted by atomic mass is 10.1. The number of carbonyl (C=O) groups excluding carboxylic acids is 1. The highest BCUT2D eigenvalue weighted by molar-refractivity contribution is 5.77. The summed E-state index contributed by atoms with van der Waals surface area (Å²) in [6.45, 7) is 4.63. The van der Waals surface area contributed by atoms with Crippen LogP contribution in [0.1, 0.15) is 31.7 Å². The highest BCUT2D eigenvalue weighted by Crippen LogP contribution is 2.47. The number of nitrogens with one attached hydrogen (secondary N) is 1. The van der Waals surface area contributed by atoms with Gasteiger partial charge >= 0.3 is 0 Å². The van der Waals surface area contributed by atoms with Crippen LogP contribution in [0.5, 0.6) is 5.75 Å². The number of methoxy groups -OCH3 is 1. The summed E-state index contributed by atoms with van der Waals surface area (Å²) in [7, 11) is 1.69. The van der Waals surface area contributed by atoms with E-state index in [0.717, 1.165) is 18.7 Å². The predicted molar refractivity (Wildman–Crippen MR) is 71.7 cm³/mol. The molecular weight excluding hydrogens is 226 g/mol. The van der Waals surface area contributed by atoms with Gasteiger partial charge in [0, 0.05) is 12.5 Å². The molecule has 1 saturated carbocycles. The molecule has 0 radical (unpaired) electrons. The summed E-state index contributed by atoms with van der Waals surface area (Å²) in [5.41, 5.74) is 1.32. The zero-order valence-electron chi connectivity index (χ0n) is 11.3. The van der Waals surface area contributed by atoms with Crippen LogP contribution in [0, 0.1) is 11.8 Å². The zero-order chi connectivity index (χ0) is 13.1. The van der Waals surface area contributed by atoms with Crippen LogP contribution >= 0.6 is 0 Å². The Kier molecular flexibility index (Phi) is 3.90. The molecule has 2 atom stereocenters. The lowest BCUT2D eigenvalue weighted by molar-refractivity contribution is -0.124. The van der Waals surface area contributed by atoms with Gasteiger partial charge in [0.25, 0.3) is 0 Å². The summed E-state index contributed by atoms with van der Waals surface area (Å²) in [6.07, 6.45) is 1.16. The van der Waals surface area contributed by atoms with E-state index < -0.39 is 0 Å². The maximum Gasteiger partial charge on any atom is 0.222 e. The normalized spacial score (nSPS) is 21.8. The Morgan fingerprint density at radius 3 is 2.94 bits per heavy atom. The lowest BCUT2D eigenvalue weighted by Crippen LogP contribution is -2.29. The molecule has 1 fully saturated rings. The van der Waals surface area contributed by atoms with Crippen molar-refractivity contribution in [2.24, 2.45) is 11.8 Å². The largest absolute Gasteiger partial charge is 0.497 e. The van der Waals surface area contributed by atoms with Crippen molar-refractivity contribution >= 4 is 5.91 Å². The number of ether oxygens (including phenoxy) is 1. The molecule has 1 aliphatic carbocycles. The lowest BCUT2D eigenvalue weighted by Gasteiger charge is -2.07. The topological polar surface area (TPSA) is 38.3 Å². The van der Waals surface area contributed by atoms with Crippen LogP contribution in [0.3, 0.4) is 0 Å². The first-order valence-electron chi connectivity index (χ1n) is 6.53. The molecule has 1 amide bonds. The Morgan fingerprint density at radius 2 is 2.28 bits per heavy atom. The Bertz CT molecular complexity index is 428. The Balaban J connectivity index is 1.85. The van der Waals surface area contributed by atoms with E-state index in [1.165, 1.54) is 5.56 Å². The van der Waals surface area contributed by atoms with Gasteiger partial charge in [0.15, 0.2) is 0 Å². The summed E-state index contributed by atoms with van der Waals surface area (Å²) < 4.78 is 5.23. The maximum absolute atomic E-state index is 11.5. The Hall–Kier alpha value is -1.51. The molecule has 2 rings (SSSR count). The monoisotopic (exact) mass is 247 g/mol. The fourth-order valence-electron chi connectivity index (χ4n) is 2.19. The molecule has 1 aliphatic rings. The molecule has 0 heterocycles. The number of rotatable bonds is 5. The zero-order valence-corrected chi connectivity index (χ0v) is 11.3. The van der Waals surface area contributed by atoms with Crippen LogP contribution in [0.4, 0.5) is 0 Å². The third-order valence-electron chi connectivity index (χ3n) is 3.51. The van der Waals surface area contributed by atoms with Crippen LogP contribution in [0.2, 0.25) is 0 Å². The second-order valence-electron chi connectivity index (χ2n) is 5.28. The quantitative estimate of drug-likeness (QED) is 0.868. The van der Waals surface area contributed by atoms with Gasteiger partial charge in [0.2, 0.25) is 5.91 Å². The van der Waals surface area contributed by atoms with Gasteiger partial charge in [-0.3, -0.25) is 4.79 Å². The van der Waals surface area contributed by atoms with Crippen LogP contribution in [0.25, 0.3) is 0 Å². The highest BCUT2D eigenvalue weighted by Gasteiger charge is 2.38. The summed E-state index contributed by atoms with van der Waals surface area (Å²) >= 11 is 0. The SMILES string of the molecule is COc1cccc([C@@H]2C[C@H]2CNC(=O)C(C)C)c1. The number of carbonyl (C=O) groups is 1. The van der Waals surface area contributed by atoms with Gasteiger partial charge in [-0.15, -0.1) is 0 Å². The predicted octanol–water partition coefficient (Wildman–Crippen LogP) is 2.57. The number of hydrogen-bond donors (Lipinski definition) is 1. The third-order valence-corrected chi connectivity index (χ3v) is 3.51. The minimum Gasteiger partial charge on any atom is -0.497 e. The van der Waals surface area contributed by atoms with Gasteiger partial charge in [-0.05, 0) is 36.0 Å². The molecule has 3 nitrogen and oxygen atoms in total. The molecule has 3 heteroatoms. The molecule has 98 valence electrons. The molecule has 0 spiro atoms. The summed E-state index contributed by atoms with van der Waals surface area (Å²) in [6, 6.07) is 8.21. The second-order valence-corrected chi connectivity index (χ2v) is 5.28. The summed E-state index contributed by atoms with van der Waals surface area (Å²) in [5.74, 6) is 2.28. The van der Waals surface area contributed by atoms with Crippen molar-refractivity contribution in [1.82, 2.24) is 5.32 Å². The van der Waals surface area contributed by atoms with Crippen LogP contribution in [0.15, 0.2) is 24.3 Å². The van der Waals surface area contributed by atoms with E-state index in [1.807, 2.05) is 26.0 Å². The van der Waals surface area contributed by atoms with Gasteiger partial charge in [-0.2, -0.15) is 0 Å². The maximum atomic E-state index is 11.5. The van der Waals surface area contributed by atoms with Crippen molar-refractivity contribution in [3.8, 4) is 5.75 Å². The van der Waals surface area contributed by atoms with E-state index in [0.29, 0.717) is 11.8 Å². The Labute approximate surface area is 109 Å². The van der Waals surface area contributed by atoms with Crippen molar-refractivity contribution < 1.29 is 9.53 Å². The van der Waals surface area contributed by atoms with E-state index in [9.17, 15) is 4.79 Å². The van der Waals surface area contributed by atoms with E-state index >= 15 is 0 Å². The second kappa shape index (κ2) is 5.42. The minimum atomic E-state index is 0.0685. The molecular formula is C15H21NO2. The minimum absolute atomic E-state index is 0.0685. The van der Waals surface area contributed by atoms with E-state index in [4.69, 9.17) is 4.74 Å². The number of amides is 1. The molecule has 18 heavy (non-hydrogen) atoms. The molecule has 0 unspecified atom stereocenters. The standard InChI is InChI=1S/C15H21NO2/c1-10(2)15(17)16-9-12-8-14(12)11-5-4-6-13(7-11)18-3/h4-7,10,12,14H,8-9H2,1-3H3,(H,16,17)/t12-,14-/m0/s1. The third kappa shape index (κ3) is 3.03. The first-order chi connectivity index (χ1) is 8.61. The van der Waals surface area contributed by atoms with Crippen molar-refractivity contribution in [1.29, 1.82) is 0 Å². The fraction of sp³-hybridized carbons (Fsp3) is 0.533. The van der Waals surface area contributed by atoms with Crippen molar-refractivity contribution in [2.45, 2.75) is 26.2 Å². The van der Waals surface area contributed by atoms with Crippen LogP contribution in [-0.2, 0) is 4.79 Å². The fourth-order valence-corrected chi connectivity index (χ4v) is 2.19. The molecule has 1 aromatic carbocycles. The van der Waals surface area contributed by atoms with Gasteiger partial charge in [0.1, 0.15) is 5.75 Å². The first kappa shape index (κ1) is 12.9. The highest BCUT2D eigenvalue weighted by atomic mass is 16.5. The summed E-state index contributed by atoms with van der Waals surface area (Å²) in [5, 5.41) is 3.00. The Morgan fingerprint density at radius 1 is 1.50 bits per heavy atom. The average Bonchev–Trinajstić information content (AvgIpc) is 3.15. The van der Waals surface area contributed by atoms with Gasteiger partial charge in [-0.1, -0.05) is 26.0 Å². The molecule has 0 aromatic heterocycles. The molecule has 0 bridgehead atoms. The molecule has 1 N–H and O–H groups in total. The summed E-state index contributed by atoms with van der Waals surface area (Å²) in [4.78, 5) is 11.5. The molecule has 0 saturated heterocycles. The van der Waals surface area contributed by atoms with E-state index in [2.05, 4.69) is 17.4 Å². The van der Waals surface area contributed by atoms with Gasteiger partial charge in [0.05, 0.1) is 7.11 Å². The van der Waals surface area contributed by atoms with E-state index in [1.54, 1.807) is 7.11 Å². The van der Waals surface area contributed by atoms with Crippen molar-refractivity contribution in [3.05, 3.63) is 29.8 Å². The van der Waals surface area contributed by atoms with Crippen molar-refractivity contribution in [3.63, 3.8) is 0 Å². The number of hydrogen-bond acceptors (Lipinski definition) is 2. The smallest absolute Gasteiger partial charge is 0.222 e. The molecule has 0 aliphatic heterocycles. The number of benzene rings is 1. The van der Waals surface area contributed by atoms with Crippen LogP contribution < -0.4 is 10.1 Å². The van der Waals surface area contributed by atoms with Crippen LogP contribution in [-0.4, -0.2) is 19.6 Å². The molecule has 1 aromatic rings. The van der Waals surface area contributed by atoms with Gasteiger partial charge in [-0.25, -0.2) is 0 Å². The van der Waals surface area contributed by atoms with Crippen molar-refractivity contribution in [2.75, 3.05) is 13.7 Å².